The lowest BCUT2D eigenvalue weighted by molar-refractivity contribution is -0.122. The summed E-state index contributed by atoms with van der Waals surface area (Å²) in [7, 11) is 0. The molecule has 1 fully saturated rings. The Labute approximate surface area is 154 Å². The molecule has 26 heavy (non-hydrogen) atoms. The number of nitrogens with zero attached hydrogens (tertiary/aromatic N) is 2. The van der Waals surface area contributed by atoms with E-state index in [2.05, 4.69) is 22.7 Å². The zero-order valence-electron chi connectivity index (χ0n) is 15.2. The van der Waals surface area contributed by atoms with Gasteiger partial charge in [-0.05, 0) is 43.4 Å². The van der Waals surface area contributed by atoms with Gasteiger partial charge in [-0.25, -0.2) is 4.68 Å². The quantitative estimate of drug-likeness (QED) is 0.764. The Morgan fingerprint density at radius 3 is 2.85 bits per heavy atom. The molecule has 1 unspecified atom stereocenters. The minimum absolute atomic E-state index is 0.0365. The number of rotatable bonds is 8. The first-order valence-electron chi connectivity index (χ1n) is 9.27. The fraction of sp³-hybridized carbons (Fsp3) is 0.450. The maximum atomic E-state index is 12.1. The maximum Gasteiger partial charge on any atom is 0.220 e. The molecule has 0 aliphatic carbocycles. The zero-order valence-corrected chi connectivity index (χ0v) is 15.2. The third-order valence-corrected chi connectivity index (χ3v) is 5.14. The molecule has 1 aromatic carbocycles. The lowest BCUT2D eigenvalue weighted by Gasteiger charge is -2.27. The molecule has 1 atom stereocenters. The number of benzene rings is 1. The predicted octanol–water partition coefficient (Wildman–Crippen LogP) is 2.37. The van der Waals surface area contributed by atoms with Crippen LogP contribution in [0.15, 0.2) is 42.7 Å². The molecule has 1 aliphatic heterocycles. The minimum Gasteiger partial charge on any atom is -0.356 e. The van der Waals surface area contributed by atoms with Crippen LogP contribution in [0.25, 0.3) is 5.69 Å². The van der Waals surface area contributed by atoms with Gasteiger partial charge in [0.1, 0.15) is 0 Å². The van der Waals surface area contributed by atoms with Crippen LogP contribution in [0.1, 0.15) is 44.6 Å². The molecule has 0 spiro atoms. The van der Waals surface area contributed by atoms with Crippen molar-refractivity contribution in [2.45, 2.75) is 51.0 Å². The molecule has 138 valence electrons. The number of carbonyl (C=O) groups is 2. The van der Waals surface area contributed by atoms with Crippen LogP contribution in [0.4, 0.5) is 0 Å². The number of hydrogen-bond acceptors (Lipinski definition) is 3. The highest BCUT2D eigenvalue weighted by atomic mass is 16.2. The Morgan fingerprint density at radius 2 is 2.15 bits per heavy atom. The number of carbonyl (C=O) groups excluding carboxylic acids is 2. The first kappa shape index (κ1) is 18.2. The van der Waals surface area contributed by atoms with Crippen molar-refractivity contribution in [3.63, 3.8) is 0 Å². The van der Waals surface area contributed by atoms with Gasteiger partial charge in [-0.1, -0.05) is 25.1 Å². The molecular formula is C20H26N4O2. The third-order valence-electron chi connectivity index (χ3n) is 5.14. The molecular weight excluding hydrogens is 328 g/mol. The predicted molar refractivity (Wildman–Crippen MR) is 99.9 cm³/mol. The van der Waals surface area contributed by atoms with Gasteiger partial charge in [0.15, 0.2) is 0 Å². The van der Waals surface area contributed by atoms with Gasteiger partial charge in [0.2, 0.25) is 11.8 Å². The van der Waals surface area contributed by atoms with E-state index in [0.717, 1.165) is 30.5 Å². The number of para-hydroxylation sites is 1. The summed E-state index contributed by atoms with van der Waals surface area (Å²) in [5.74, 6) is 0.136. The smallest absolute Gasteiger partial charge is 0.220 e. The van der Waals surface area contributed by atoms with Gasteiger partial charge in [-0.15, -0.1) is 0 Å². The van der Waals surface area contributed by atoms with Crippen LogP contribution >= 0.6 is 0 Å². The summed E-state index contributed by atoms with van der Waals surface area (Å²) in [5, 5.41) is 10.4. The molecule has 0 saturated carbocycles. The van der Waals surface area contributed by atoms with Crippen molar-refractivity contribution >= 4 is 11.8 Å². The normalized spacial score (nSPS) is 19.3. The first-order chi connectivity index (χ1) is 12.6. The average Bonchev–Trinajstić information content (AvgIpc) is 3.28. The first-order valence-corrected chi connectivity index (χ1v) is 9.27. The lowest BCUT2D eigenvalue weighted by atomic mass is 9.89. The third kappa shape index (κ3) is 4.50. The summed E-state index contributed by atoms with van der Waals surface area (Å²) in [6, 6.07) is 9.94. The Bertz CT molecular complexity index is 756. The summed E-state index contributed by atoms with van der Waals surface area (Å²) >= 11 is 0. The number of hydrogen-bond donors (Lipinski definition) is 2. The van der Waals surface area contributed by atoms with Gasteiger partial charge < -0.3 is 10.6 Å². The van der Waals surface area contributed by atoms with E-state index in [9.17, 15) is 9.59 Å². The largest absolute Gasteiger partial charge is 0.356 e. The Hall–Kier alpha value is -2.63. The van der Waals surface area contributed by atoms with E-state index in [4.69, 9.17) is 0 Å². The standard InChI is InChI=1S/C20H26N4O2/c1-2-20(12-9-19(26)23-20)11-8-18(25)21-13-10-16-14-22-24(15-16)17-6-4-3-5-7-17/h3-7,14-15H,2,8-13H2,1H3,(H,21,25)(H,23,26). The van der Waals surface area contributed by atoms with Crippen molar-refractivity contribution in [1.29, 1.82) is 0 Å². The molecule has 6 heteroatoms. The molecule has 6 nitrogen and oxygen atoms in total. The molecule has 1 aliphatic rings. The minimum atomic E-state index is -0.189. The van der Waals surface area contributed by atoms with E-state index < -0.39 is 0 Å². The fourth-order valence-electron chi connectivity index (χ4n) is 3.40. The second kappa shape index (κ2) is 8.17. The monoisotopic (exact) mass is 354 g/mol. The number of aromatic nitrogens is 2. The Morgan fingerprint density at radius 1 is 1.35 bits per heavy atom. The summed E-state index contributed by atoms with van der Waals surface area (Å²) in [4.78, 5) is 23.6. The van der Waals surface area contributed by atoms with Gasteiger partial charge in [0.05, 0.1) is 11.9 Å². The van der Waals surface area contributed by atoms with Gasteiger partial charge in [0, 0.05) is 31.1 Å². The van der Waals surface area contributed by atoms with E-state index >= 15 is 0 Å². The van der Waals surface area contributed by atoms with Crippen LogP contribution in [0.2, 0.25) is 0 Å². The summed E-state index contributed by atoms with van der Waals surface area (Å²) < 4.78 is 1.84. The molecule has 2 heterocycles. The van der Waals surface area contributed by atoms with Crippen LogP contribution in [0.5, 0.6) is 0 Å². The van der Waals surface area contributed by atoms with E-state index in [1.165, 1.54) is 0 Å². The lowest BCUT2D eigenvalue weighted by Crippen LogP contribution is -2.42. The second-order valence-electron chi connectivity index (χ2n) is 6.91. The van der Waals surface area contributed by atoms with Crippen molar-refractivity contribution in [2.75, 3.05) is 6.54 Å². The van der Waals surface area contributed by atoms with Gasteiger partial charge in [-0.2, -0.15) is 5.10 Å². The molecule has 2 aromatic rings. The molecule has 0 radical (unpaired) electrons. The van der Waals surface area contributed by atoms with E-state index in [0.29, 0.717) is 25.8 Å². The fourth-order valence-corrected chi connectivity index (χ4v) is 3.40. The summed E-state index contributed by atoms with van der Waals surface area (Å²) in [6.45, 7) is 2.65. The van der Waals surface area contributed by atoms with Crippen LogP contribution in [-0.2, 0) is 16.0 Å². The van der Waals surface area contributed by atoms with Crippen LogP contribution in [0.3, 0.4) is 0 Å². The zero-order chi connectivity index (χ0) is 18.4. The van der Waals surface area contributed by atoms with Crippen molar-refractivity contribution in [3.05, 3.63) is 48.3 Å². The van der Waals surface area contributed by atoms with E-state index in [-0.39, 0.29) is 17.4 Å². The summed E-state index contributed by atoms with van der Waals surface area (Å²) in [5.41, 5.74) is 1.92. The van der Waals surface area contributed by atoms with Crippen molar-refractivity contribution in [3.8, 4) is 5.69 Å². The van der Waals surface area contributed by atoms with Crippen LogP contribution in [0, 0.1) is 0 Å². The maximum absolute atomic E-state index is 12.1. The van der Waals surface area contributed by atoms with Crippen LogP contribution in [-0.4, -0.2) is 33.7 Å². The van der Waals surface area contributed by atoms with Gasteiger partial charge in [0.25, 0.3) is 0 Å². The van der Waals surface area contributed by atoms with E-state index in [1.54, 1.807) is 0 Å². The average molecular weight is 354 g/mol. The van der Waals surface area contributed by atoms with Crippen molar-refractivity contribution < 1.29 is 9.59 Å². The molecule has 2 N–H and O–H groups in total. The second-order valence-corrected chi connectivity index (χ2v) is 6.91. The molecule has 1 saturated heterocycles. The van der Waals surface area contributed by atoms with Crippen LogP contribution < -0.4 is 10.6 Å². The molecule has 3 rings (SSSR count). The van der Waals surface area contributed by atoms with Crippen molar-refractivity contribution in [2.24, 2.45) is 0 Å². The highest BCUT2D eigenvalue weighted by Gasteiger charge is 2.35. The van der Waals surface area contributed by atoms with Gasteiger partial charge >= 0.3 is 0 Å². The Kier molecular flexibility index (Phi) is 5.71. The number of nitrogens with one attached hydrogen (secondary N) is 2. The highest BCUT2D eigenvalue weighted by Crippen LogP contribution is 2.28. The molecule has 2 amide bonds. The molecule has 0 bridgehead atoms. The topological polar surface area (TPSA) is 76.0 Å². The van der Waals surface area contributed by atoms with Gasteiger partial charge in [-0.3, -0.25) is 9.59 Å². The SMILES string of the molecule is CCC1(CCC(=O)NCCc2cnn(-c3ccccc3)c2)CCC(=O)N1. The molecule has 1 aromatic heterocycles. The number of amides is 2. The summed E-state index contributed by atoms with van der Waals surface area (Å²) in [6.07, 6.45) is 7.97. The Balaban J connectivity index is 1.41. The van der Waals surface area contributed by atoms with Crippen molar-refractivity contribution in [1.82, 2.24) is 20.4 Å². The van der Waals surface area contributed by atoms with E-state index in [1.807, 2.05) is 47.4 Å². The highest BCUT2D eigenvalue weighted by molar-refractivity contribution is 5.80.